The van der Waals surface area contributed by atoms with Crippen LogP contribution < -0.4 is 0 Å². The molecule has 1 aromatic carbocycles. The molecule has 0 unspecified atom stereocenters. The zero-order valence-electron chi connectivity index (χ0n) is 12.8. The molecule has 1 aliphatic rings. The fourth-order valence-electron chi connectivity index (χ4n) is 3.58. The van der Waals surface area contributed by atoms with E-state index < -0.39 is 5.41 Å². The smallest absolute Gasteiger partial charge is 0.151 e. The van der Waals surface area contributed by atoms with Gasteiger partial charge in [-0.3, -0.25) is 0 Å². The number of benzene rings is 1. The largest absolute Gasteiger partial charge is 0.303 e. The van der Waals surface area contributed by atoms with Crippen LogP contribution in [0.1, 0.15) is 36.3 Å². The number of allylic oxidation sites excluding steroid dienone is 1. The standard InChI is InChI=1S/C19H20N2O/c1-3-15-7-8-17(11-22)18(19(10-15,12-20)13-21)16-6-4-5-14(2)9-16/h3-6,9,11,15,17-18H,1,7-8,10H2,2H3/t15-,17-,18-/m1/s1. The lowest BCUT2D eigenvalue weighted by Gasteiger charge is -2.31. The molecule has 3 atom stereocenters. The summed E-state index contributed by atoms with van der Waals surface area (Å²) in [5.41, 5.74) is 0.788. The summed E-state index contributed by atoms with van der Waals surface area (Å²) in [6.07, 6.45) is 4.64. The monoisotopic (exact) mass is 292 g/mol. The van der Waals surface area contributed by atoms with Crippen LogP contribution in [0, 0.1) is 46.8 Å². The predicted molar refractivity (Wildman–Crippen MR) is 84.7 cm³/mol. The van der Waals surface area contributed by atoms with Gasteiger partial charge in [-0.15, -0.1) is 6.58 Å². The molecule has 0 amide bonds. The van der Waals surface area contributed by atoms with Crippen LogP contribution >= 0.6 is 0 Å². The van der Waals surface area contributed by atoms with Crippen molar-refractivity contribution in [3.8, 4) is 12.1 Å². The lowest BCUT2D eigenvalue weighted by Crippen LogP contribution is -2.31. The van der Waals surface area contributed by atoms with Crippen LogP contribution in [0.5, 0.6) is 0 Å². The van der Waals surface area contributed by atoms with E-state index in [4.69, 9.17) is 0 Å². The summed E-state index contributed by atoms with van der Waals surface area (Å²) in [5, 5.41) is 19.5. The minimum Gasteiger partial charge on any atom is -0.303 e. The van der Waals surface area contributed by atoms with Crippen molar-refractivity contribution < 1.29 is 4.79 Å². The second kappa shape index (κ2) is 6.58. The maximum Gasteiger partial charge on any atom is 0.151 e. The lowest BCUT2D eigenvalue weighted by atomic mass is 9.66. The van der Waals surface area contributed by atoms with Crippen molar-refractivity contribution in [3.63, 3.8) is 0 Å². The van der Waals surface area contributed by atoms with Crippen LogP contribution in [0.2, 0.25) is 0 Å². The number of carbonyl (C=O) groups excluding carboxylic acids is 1. The number of rotatable bonds is 3. The second-order valence-corrected chi connectivity index (χ2v) is 6.16. The Hall–Kier alpha value is -2.39. The molecule has 3 heteroatoms. The van der Waals surface area contributed by atoms with Gasteiger partial charge in [-0.25, -0.2) is 0 Å². The molecule has 1 aromatic rings. The first-order valence-electron chi connectivity index (χ1n) is 7.57. The number of nitrogens with zero attached hydrogens (tertiary/aromatic N) is 2. The van der Waals surface area contributed by atoms with E-state index in [0.717, 1.165) is 23.8 Å². The van der Waals surface area contributed by atoms with E-state index in [1.165, 1.54) is 0 Å². The van der Waals surface area contributed by atoms with Crippen LogP contribution in [0.3, 0.4) is 0 Å². The van der Waals surface area contributed by atoms with Gasteiger partial charge in [-0.1, -0.05) is 35.9 Å². The highest BCUT2D eigenvalue weighted by atomic mass is 16.1. The zero-order valence-corrected chi connectivity index (χ0v) is 12.8. The van der Waals surface area contributed by atoms with Crippen molar-refractivity contribution in [2.75, 3.05) is 0 Å². The second-order valence-electron chi connectivity index (χ2n) is 6.16. The Morgan fingerprint density at radius 1 is 1.32 bits per heavy atom. The summed E-state index contributed by atoms with van der Waals surface area (Å²) < 4.78 is 0. The van der Waals surface area contributed by atoms with Gasteiger partial charge in [0.25, 0.3) is 0 Å². The summed E-state index contributed by atoms with van der Waals surface area (Å²) in [6, 6.07) is 12.3. The zero-order chi connectivity index (χ0) is 16.2. The van der Waals surface area contributed by atoms with Gasteiger partial charge in [0, 0.05) is 11.8 Å². The number of aldehydes is 1. The first kappa shape index (κ1) is 16.0. The molecule has 0 aliphatic heterocycles. The highest BCUT2D eigenvalue weighted by Gasteiger charge is 2.47. The molecule has 0 bridgehead atoms. The molecule has 112 valence electrons. The third-order valence-corrected chi connectivity index (χ3v) is 4.72. The predicted octanol–water partition coefficient (Wildman–Crippen LogP) is 3.91. The van der Waals surface area contributed by atoms with Crippen LogP contribution in [0.25, 0.3) is 0 Å². The van der Waals surface area contributed by atoms with E-state index in [1.807, 2.05) is 37.3 Å². The molecule has 1 aliphatic carbocycles. The number of nitriles is 2. The molecule has 1 fully saturated rings. The van der Waals surface area contributed by atoms with Crippen molar-refractivity contribution in [1.82, 2.24) is 0 Å². The first-order chi connectivity index (χ1) is 10.6. The van der Waals surface area contributed by atoms with Crippen molar-refractivity contribution in [1.29, 1.82) is 10.5 Å². The fourth-order valence-corrected chi connectivity index (χ4v) is 3.58. The topological polar surface area (TPSA) is 64.7 Å². The van der Waals surface area contributed by atoms with Gasteiger partial charge in [0.1, 0.15) is 6.29 Å². The summed E-state index contributed by atoms with van der Waals surface area (Å²) in [5.74, 6) is -0.604. The fraction of sp³-hybridized carbons (Fsp3) is 0.421. The van der Waals surface area contributed by atoms with Gasteiger partial charge in [0.15, 0.2) is 5.41 Å². The molecule has 22 heavy (non-hydrogen) atoms. The molecule has 0 radical (unpaired) electrons. The van der Waals surface area contributed by atoms with Crippen molar-refractivity contribution in [3.05, 3.63) is 48.0 Å². The third kappa shape index (κ3) is 2.81. The number of hydrogen-bond donors (Lipinski definition) is 0. The third-order valence-electron chi connectivity index (χ3n) is 4.72. The Morgan fingerprint density at radius 2 is 2.05 bits per heavy atom. The molecular formula is C19H20N2O. The van der Waals surface area contributed by atoms with E-state index in [-0.39, 0.29) is 17.8 Å². The van der Waals surface area contributed by atoms with E-state index >= 15 is 0 Å². The minimum absolute atomic E-state index is 0.0940. The molecule has 2 rings (SSSR count). The molecule has 0 heterocycles. The van der Waals surface area contributed by atoms with Crippen molar-refractivity contribution >= 4 is 6.29 Å². The van der Waals surface area contributed by atoms with Crippen molar-refractivity contribution in [2.24, 2.45) is 17.3 Å². The Balaban J connectivity index is 2.61. The Labute approximate surface area is 131 Å². The van der Waals surface area contributed by atoms with Crippen molar-refractivity contribution in [2.45, 2.75) is 32.1 Å². The van der Waals surface area contributed by atoms with Gasteiger partial charge in [0.05, 0.1) is 12.1 Å². The molecule has 0 spiro atoms. The highest BCUT2D eigenvalue weighted by molar-refractivity contribution is 5.58. The number of aryl methyl sites for hydroxylation is 1. The van der Waals surface area contributed by atoms with Gasteiger partial charge >= 0.3 is 0 Å². The maximum atomic E-state index is 11.7. The van der Waals surface area contributed by atoms with Gasteiger partial charge in [-0.05, 0) is 37.7 Å². The Kier molecular flexibility index (Phi) is 4.78. The van der Waals surface area contributed by atoms with Crippen LogP contribution in [0.4, 0.5) is 0 Å². The summed E-state index contributed by atoms with van der Waals surface area (Å²) in [4.78, 5) is 11.7. The quantitative estimate of drug-likeness (QED) is 0.482. The lowest BCUT2D eigenvalue weighted by molar-refractivity contribution is -0.112. The summed E-state index contributed by atoms with van der Waals surface area (Å²) in [7, 11) is 0. The highest BCUT2D eigenvalue weighted by Crippen LogP contribution is 2.49. The van der Waals surface area contributed by atoms with E-state index in [1.54, 1.807) is 0 Å². The van der Waals surface area contributed by atoms with E-state index in [0.29, 0.717) is 12.8 Å². The average molecular weight is 292 g/mol. The van der Waals surface area contributed by atoms with Gasteiger partial charge in [-0.2, -0.15) is 10.5 Å². The van der Waals surface area contributed by atoms with E-state index in [9.17, 15) is 15.3 Å². The molecular weight excluding hydrogens is 272 g/mol. The minimum atomic E-state index is -1.19. The Bertz CT molecular complexity index is 636. The Morgan fingerprint density at radius 3 is 2.59 bits per heavy atom. The van der Waals surface area contributed by atoms with Gasteiger partial charge in [0.2, 0.25) is 0 Å². The summed E-state index contributed by atoms with van der Waals surface area (Å²) >= 11 is 0. The molecule has 0 saturated heterocycles. The number of hydrogen-bond acceptors (Lipinski definition) is 3. The number of carbonyl (C=O) groups is 1. The molecule has 3 nitrogen and oxygen atoms in total. The van der Waals surface area contributed by atoms with Gasteiger partial charge < -0.3 is 4.79 Å². The van der Waals surface area contributed by atoms with Crippen LogP contribution in [0.15, 0.2) is 36.9 Å². The van der Waals surface area contributed by atoms with Crippen LogP contribution in [-0.4, -0.2) is 6.29 Å². The maximum absolute atomic E-state index is 11.7. The average Bonchev–Trinajstić information content (AvgIpc) is 2.71. The molecule has 0 N–H and O–H groups in total. The molecule has 0 aromatic heterocycles. The van der Waals surface area contributed by atoms with E-state index in [2.05, 4.69) is 18.7 Å². The summed E-state index contributed by atoms with van der Waals surface area (Å²) in [6.45, 7) is 5.79. The molecule has 1 saturated carbocycles. The van der Waals surface area contributed by atoms with Crippen LogP contribution in [-0.2, 0) is 4.79 Å². The SMILES string of the molecule is C=C[C@@H]1CC[C@H](C=O)[C@@H](c2cccc(C)c2)C(C#N)(C#N)C1. The first-order valence-corrected chi connectivity index (χ1v) is 7.57. The normalized spacial score (nSPS) is 27.0.